The van der Waals surface area contributed by atoms with Gasteiger partial charge in [0.25, 0.3) is 11.8 Å². The van der Waals surface area contributed by atoms with Gasteiger partial charge < -0.3 is 15.5 Å². The quantitative estimate of drug-likeness (QED) is 0.826. The first-order valence-electron chi connectivity index (χ1n) is 9.52. The van der Waals surface area contributed by atoms with Crippen LogP contribution in [0.3, 0.4) is 0 Å². The number of nitrogens with two attached hydrogens (primary N) is 1. The van der Waals surface area contributed by atoms with Gasteiger partial charge in [-0.25, -0.2) is 0 Å². The number of nitrogens with zero attached hydrogens (tertiary/aromatic N) is 2. The molecule has 0 bridgehead atoms. The second kappa shape index (κ2) is 9.56. The lowest BCUT2D eigenvalue weighted by Gasteiger charge is -2.35. The van der Waals surface area contributed by atoms with Crippen molar-refractivity contribution in [3.8, 4) is 0 Å². The maximum absolute atomic E-state index is 12.9. The maximum Gasteiger partial charge on any atom is 0.254 e. The van der Waals surface area contributed by atoms with Gasteiger partial charge in [-0.1, -0.05) is 19.9 Å². The van der Waals surface area contributed by atoms with E-state index in [1.54, 1.807) is 24.3 Å². The Morgan fingerprint density at radius 2 is 1.84 bits per heavy atom. The van der Waals surface area contributed by atoms with E-state index >= 15 is 0 Å². The van der Waals surface area contributed by atoms with Gasteiger partial charge in [0.2, 0.25) is 0 Å². The first-order chi connectivity index (χ1) is 12.1. The van der Waals surface area contributed by atoms with Crippen molar-refractivity contribution in [3.05, 3.63) is 35.4 Å². The van der Waals surface area contributed by atoms with Crippen LogP contribution >= 0.6 is 0 Å². The van der Waals surface area contributed by atoms with Crippen molar-refractivity contribution in [1.29, 1.82) is 0 Å². The Morgan fingerprint density at radius 1 is 1.16 bits per heavy atom. The first-order valence-corrected chi connectivity index (χ1v) is 9.52. The van der Waals surface area contributed by atoms with E-state index in [1.807, 2.05) is 9.80 Å². The molecule has 2 amide bonds. The van der Waals surface area contributed by atoms with Crippen LogP contribution in [-0.4, -0.2) is 53.8 Å². The molecule has 0 spiro atoms. The van der Waals surface area contributed by atoms with E-state index in [-0.39, 0.29) is 17.9 Å². The van der Waals surface area contributed by atoms with Gasteiger partial charge in [0.05, 0.1) is 0 Å². The van der Waals surface area contributed by atoms with Crippen LogP contribution < -0.4 is 5.73 Å². The van der Waals surface area contributed by atoms with Crippen LogP contribution in [0.4, 0.5) is 0 Å². The minimum Gasteiger partial charge on any atom is -0.339 e. The van der Waals surface area contributed by atoms with Gasteiger partial charge in [0, 0.05) is 43.3 Å². The van der Waals surface area contributed by atoms with Crippen LogP contribution in [0, 0.1) is 0 Å². The number of amides is 2. The van der Waals surface area contributed by atoms with Gasteiger partial charge >= 0.3 is 0 Å². The largest absolute Gasteiger partial charge is 0.339 e. The van der Waals surface area contributed by atoms with E-state index in [9.17, 15) is 9.59 Å². The summed E-state index contributed by atoms with van der Waals surface area (Å²) in [5.74, 6) is -0.00491. The molecule has 1 heterocycles. The Labute approximate surface area is 151 Å². The Balaban J connectivity index is 2.19. The van der Waals surface area contributed by atoms with Crippen LogP contribution in [0.5, 0.6) is 0 Å². The number of carbonyl (C=O) groups excluding carboxylic acids is 2. The first kappa shape index (κ1) is 19.4. The average Bonchev–Trinajstić information content (AvgIpc) is 2.66. The van der Waals surface area contributed by atoms with Crippen molar-refractivity contribution < 1.29 is 9.59 Å². The second-order valence-corrected chi connectivity index (χ2v) is 6.76. The summed E-state index contributed by atoms with van der Waals surface area (Å²) in [4.78, 5) is 29.4. The molecule has 1 aliphatic heterocycles. The summed E-state index contributed by atoms with van der Waals surface area (Å²) in [7, 11) is 0. The molecule has 0 radical (unpaired) electrons. The Bertz CT molecular complexity index is 582. The molecule has 1 aliphatic rings. The van der Waals surface area contributed by atoms with Crippen molar-refractivity contribution in [2.75, 3.05) is 26.2 Å². The van der Waals surface area contributed by atoms with Gasteiger partial charge in [-0.05, 0) is 50.3 Å². The van der Waals surface area contributed by atoms with E-state index in [1.165, 1.54) is 0 Å². The molecule has 0 aliphatic carbocycles. The molecule has 1 fully saturated rings. The average molecular weight is 345 g/mol. The monoisotopic (exact) mass is 345 g/mol. The molecule has 2 N–H and O–H groups in total. The zero-order valence-electron chi connectivity index (χ0n) is 15.5. The Kier molecular flexibility index (Phi) is 7.44. The van der Waals surface area contributed by atoms with E-state index < -0.39 is 0 Å². The van der Waals surface area contributed by atoms with E-state index in [0.717, 1.165) is 51.7 Å². The molecule has 5 heteroatoms. The topological polar surface area (TPSA) is 66.6 Å². The highest BCUT2D eigenvalue weighted by Crippen LogP contribution is 2.20. The standard InChI is InChI=1S/C20H31N3O2/c1-3-11-22(12-4-2)19(24)16-8-7-9-17(14-16)20(25)23-13-6-5-10-18(23)15-21/h7-9,14,18H,3-6,10-13,15,21H2,1-2H3. The number of hydrogen-bond donors (Lipinski definition) is 1. The van der Waals surface area contributed by atoms with Crippen LogP contribution in [0.15, 0.2) is 24.3 Å². The summed E-state index contributed by atoms with van der Waals surface area (Å²) >= 11 is 0. The van der Waals surface area contributed by atoms with Crippen molar-refractivity contribution >= 4 is 11.8 Å². The number of benzene rings is 1. The molecule has 0 aromatic heterocycles. The summed E-state index contributed by atoms with van der Waals surface area (Å²) in [6.45, 7) is 6.86. The molecule has 138 valence electrons. The number of likely N-dealkylation sites (tertiary alicyclic amines) is 1. The van der Waals surface area contributed by atoms with Crippen molar-refractivity contribution in [1.82, 2.24) is 9.80 Å². The third-order valence-electron chi connectivity index (χ3n) is 4.79. The number of hydrogen-bond acceptors (Lipinski definition) is 3. The Hall–Kier alpha value is -1.88. The molecule has 1 aromatic carbocycles. The fourth-order valence-electron chi connectivity index (χ4n) is 3.50. The van der Waals surface area contributed by atoms with Crippen molar-refractivity contribution in [2.45, 2.75) is 52.0 Å². The SMILES string of the molecule is CCCN(CCC)C(=O)c1cccc(C(=O)N2CCCCC2CN)c1. The maximum atomic E-state index is 12.9. The predicted octanol–water partition coefficient (Wildman–Crippen LogP) is 2.90. The summed E-state index contributed by atoms with van der Waals surface area (Å²) < 4.78 is 0. The minimum absolute atomic E-state index is 0.00682. The second-order valence-electron chi connectivity index (χ2n) is 6.76. The number of rotatable bonds is 7. The van der Waals surface area contributed by atoms with Gasteiger partial charge in [-0.3, -0.25) is 9.59 Å². The fourth-order valence-corrected chi connectivity index (χ4v) is 3.50. The molecule has 1 unspecified atom stereocenters. The van der Waals surface area contributed by atoms with Gasteiger partial charge in [0.15, 0.2) is 0 Å². The lowest BCUT2D eigenvalue weighted by molar-refractivity contribution is 0.0623. The predicted molar refractivity (Wildman–Crippen MR) is 101 cm³/mol. The summed E-state index contributed by atoms with van der Waals surface area (Å²) in [5.41, 5.74) is 7.01. The van der Waals surface area contributed by atoms with Crippen molar-refractivity contribution in [3.63, 3.8) is 0 Å². The third-order valence-corrected chi connectivity index (χ3v) is 4.79. The molecular formula is C20H31N3O2. The zero-order chi connectivity index (χ0) is 18.2. The lowest BCUT2D eigenvalue weighted by atomic mass is 10.00. The Morgan fingerprint density at radius 3 is 2.48 bits per heavy atom. The molecule has 1 saturated heterocycles. The smallest absolute Gasteiger partial charge is 0.254 e. The normalized spacial score (nSPS) is 17.4. The highest BCUT2D eigenvalue weighted by molar-refractivity contribution is 5.99. The third kappa shape index (κ3) is 4.82. The molecule has 25 heavy (non-hydrogen) atoms. The molecule has 5 nitrogen and oxygen atoms in total. The summed E-state index contributed by atoms with van der Waals surface area (Å²) in [6.07, 6.45) is 4.95. The molecule has 1 atom stereocenters. The van der Waals surface area contributed by atoms with Crippen LogP contribution in [0.2, 0.25) is 0 Å². The van der Waals surface area contributed by atoms with Crippen LogP contribution in [0.25, 0.3) is 0 Å². The van der Waals surface area contributed by atoms with Gasteiger partial charge in [-0.15, -0.1) is 0 Å². The van der Waals surface area contributed by atoms with Gasteiger partial charge in [-0.2, -0.15) is 0 Å². The van der Waals surface area contributed by atoms with E-state index in [2.05, 4.69) is 13.8 Å². The number of piperidine rings is 1. The summed E-state index contributed by atoms with van der Waals surface area (Å²) in [5, 5.41) is 0. The fraction of sp³-hybridized carbons (Fsp3) is 0.600. The van der Waals surface area contributed by atoms with E-state index in [4.69, 9.17) is 5.73 Å². The highest BCUT2D eigenvalue weighted by atomic mass is 16.2. The van der Waals surface area contributed by atoms with Gasteiger partial charge in [0.1, 0.15) is 0 Å². The van der Waals surface area contributed by atoms with Crippen molar-refractivity contribution in [2.24, 2.45) is 5.73 Å². The molecule has 1 aromatic rings. The lowest BCUT2D eigenvalue weighted by Crippen LogP contribution is -2.47. The highest BCUT2D eigenvalue weighted by Gasteiger charge is 2.27. The van der Waals surface area contributed by atoms with Crippen LogP contribution in [0.1, 0.15) is 66.7 Å². The summed E-state index contributed by atoms with van der Waals surface area (Å²) in [6, 6.07) is 7.25. The number of carbonyl (C=O) groups is 2. The molecular weight excluding hydrogens is 314 g/mol. The van der Waals surface area contributed by atoms with Crippen LogP contribution in [-0.2, 0) is 0 Å². The molecule has 2 rings (SSSR count). The van der Waals surface area contributed by atoms with E-state index in [0.29, 0.717) is 17.7 Å². The minimum atomic E-state index is -0.0117. The molecule has 0 saturated carbocycles. The zero-order valence-corrected chi connectivity index (χ0v) is 15.5.